The van der Waals surface area contributed by atoms with Crippen molar-refractivity contribution in [3.8, 4) is 11.8 Å². The standard InChI is InChI=1S/C16H20N2O/c17-12-13-4-1-2-7-16(13)19-15-8-10-18(11-9-15)14-5-3-6-14/h1-2,4,7,14-15H,3,5-6,8-11H2. The van der Waals surface area contributed by atoms with Crippen molar-refractivity contribution in [1.29, 1.82) is 5.26 Å². The molecule has 1 aromatic rings. The van der Waals surface area contributed by atoms with Gasteiger partial charge in [-0.1, -0.05) is 18.6 Å². The van der Waals surface area contributed by atoms with Crippen LogP contribution in [0.5, 0.6) is 5.75 Å². The lowest BCUT2D eigenvalue weighted by Crippen LogP contribution is -2.46. The Hall–Kier alpha value is -1.53. The van der Waals surface area contributed by atoms with E-state index in [1.807, 2.05) is 24.3 Å². The third-order valence-electron chi connectivity index (χ3n) is 4.37. The Morgan fingerprint density at radius 1 is 1.11 bits per heavy atom. The normalized spacial score (nSPS) is 21.6. The van der Waals surface area contributed by atoms with Crippen molar-refractivity contribution in [1.82, 2.24) is 4.90 Å². The Kier molecular flexibility index (Phi) is 3.70. The summed E-state index contributed by atoms with van der Waals surface area (Å²) in [5.74, 6) is 0.743. The summed E-state index contributed by atoms with van der Waals surface area (Å²) in [7, 11) is 0. The lowest BCUT2D eigenvalue weighted by molar-refractivity contribution is 0.0492. The van der Waals surface area contributed by atoms with E-state index in [4.69, 9.17) is 10.00 Å². The second-order valence-corrected chi connectivity index (χ2v) is 5.55. The molecule has 1 aliphatic heterocycles. The van der Waals surface area contributed by atoms with Crippen LogP contribution in [0.4, 0.5) is 0 Å². The van der Waals surface area contributed by atoms with E-state index in [0.29, 0.717) is 5.56 Å². The summed E-state index contributed by atoms with van der Waals surface area (Å²) in [6, 6.07) is 10.6. The van der Waals surface area contributed by atoms with E-state index in [2.05, 4.69) is 11.0 Å². The van der Waals surface area contributed by atoms with Crippen LogP contribution in [0.3, 0.4) is 0 Å². The first-order chi connectivity index (χ1) is 9.36. The number of rotatable bonds is 3. The molecule has 0 unspecified atom stereocenters. The summed E-state index contributed by atoms with van der Waals surface area (Å²) in [5.41, 5.74) is 0.643. The number of hydrogen-bond acceptors (Lipinski definition) is 3. The highest BCUT2D eigenvalue weighted by molar-refractivity contribution is 5.42. The number of ether oxygens (including phenoxy) is 1. The minimum atomic E-state index is 0.269. The Morgan fingerprint density at radius 2 is 1.84 bits per heavy atom. The van der Waals surface area contributed by atoms with Gasteiger partial charge in [0.25, 0.3) is 0 Å². The molecule has 0 aromatic heterocycles. The molecule has 1 saturated carbocycles. The molecule has 3 heteroatoms. The predicted octanol–water partition coefficient (Wildman–Crippen LogP) is 2.95. The maximum Gasteiger partial charge on any atom is 0.137 e. The molecule has 0 spiro atoms. The van der Waals surface area contributed by atoms with Gasteiger partial charge in [0, 0.05) is 19.1 Å². The zero-order valence-corrected chi connectivity index (χ0v) is 11.2. The highest BCUT2D eigenvalue weighted by Crippen LogP contribution is 2.29. The average Bonchev–Trinajstić information content (AvgIpc) is 2.40. The first-order valence-corrected chi connectivity index (χ1v) is 7.26. The van der Waals surface area contributed by atoms with Gasteiger partial charge in [0.2, 0.25) is 0 Å². The van der Waals surface area contributed by atoms with Crippen molar-refractivity contribution in [3.05, 3.63) is 29.8 Å². The van der Waals surface area contributed by atoms with Gasteiger partial charge in [-0.2, -0.15) is 5.26 Å². The van der Waals surface area contributed by atoms with E-state index in [1.54, 1.807) is 0 Å². The highest BCUT2D eigenvalue weighted by Gasteiger charge is 2.29. The minimum Gasteiger partial charge on any atom is -0.489 e. The van der Waals surface area contributed by atoms with Gasteiger partial charge in [-0.05, 0) is 37.8 Å². The zero-order valence-electron chi connectivity index (χ0n) is 11.2. The van der Waals surface area contributed by atoms with Crippen LogP contribution in [0.25, 0.3) is 0 Å². The second-order valence-electron chi connectivity index (χ2n) is 5.55. The van der Waals surface area contributed by atoms with Gasteiger partial charge in [-0.25, -0.2) is 0 Å². The van der Waals surface area contributed by atoms with Crippen LogP contribution in [-0.2, 0) is 0 Å². The highest BCUT2D eigenvalue weighted by atomic mass is 16.5. The van der Waals surface area contributed by atoms with Crippen LogP contribution in [0.1, 0.15) is 37.7 Å². The van der Waals surface area contributed by atoms with Crippen LogP contribution >= 0.6 is 0 Å². The average molecular weight is 256 g/mol. The molecule has 2 aliphatic rings. The Bertz CT molecular complexity index is 468. The van der Waals surface area contributed by atoms with Crippen molar-refractivity contribution in [2.75, 3.05) is 13.1 Å². The third kappa shape index (κ3) is 2.74. The molecule has 3 rings (SSSR count). The molecule has 0 radical (unpaired) electrons. The van der Waals surface area contributed by atoms with Gasteiger partial charge in [0.15, 0.2) is 0 Å². The third-order valence-corrected chi connectivity index (χ3v) is 4.37. The first-order valence-electron chi connectivity index (χ1n) is 7.26. The number of benzene rings is 1. The molecular weight excluding hydrogens is 236 g/mol. The van der Waals surface area contributed by atoms with E-state index in [1.165, 1.54) is 19.3 Å². The molecule has 2 fully saturated rings. The predicted molar refractivity (Wildman–Crippen MR) is 74.0 cm³/mol. The van der Waals surface area contributed by atoms with Crippen molar-refractivity contribution in [2.24, 2.45) is 0 Å². The summed E-state index contributed by atoms with van der Waals surface area (Å²) in [5, 5.41) is 9.06. The summed E-state index contributed by atoms with van der Waals surface area (Å²) in [4.78, 5) is 2.61. The van der Waals surface area contributed by atoms with Crippen molar-refractivity contribution < 1.29 is 4.74 Å². The molecule has 0 atom stereocenters. The smallest absolute Gasteiger partial charge is 0.137 e. The van der Waals surface area contributed by atoms with Crippen LogP contribution in [0, 0.1) is 11.3 Å². The van der Waals surface area contributed by atoms with Gasteiger partial charge in [0.1, 0.15) is 17.9 Å². The van der Waals surface area contributed by atoms with Gasteiger partial charge in [-0.3, -0.25) is 0 Å². The van der Waals surface area contributed by atoms with Crippen molar-refractivity contribution in [2.45, 2.75) is 44.2 Å². The fraction of sp³-hybridized carbons (Fsp3) is 0.562. The Morgan fingerprint density at radius 3 is 2.47 bits per heavy atom. The fourth-order valence-corrected chi connectivity index (χ4v) is 2.95. The summed E-state index contributed by atoms with van der Waals surface area (Å²) in [6.07, 6.45) is 6.58. The van der Waals surface area contributed by atoms with E-state index in [-0.39, 0.29) is 6.10 Å². The maximum absolute atomic E-state index is 9.06. The molecule has 0 amide bonds. The van der Waals surface area contributed by atoms with Crippen LogP contribution in [-0.4, -0.2) is 30.1 Å². The molecule has 3 nitrogen and oxygen atoms in total. The van der Waals surface area contributed by atoms with Crippen LogP contribution in [0.2, 0.25) is 0 Å². The number of nitriles is 1. The van der Waals surface area contributed by atoms with Crippen LogP contribution in [0.15, 0.2) is 24.3 Å². The van der Waals surface area contributed by atoms with E-state index >= 15 is 0 Å². The van der Waals surface area contributed by atoms with Crippen molar-refractivity contribution in [3.63, 3.8) is 0 Å². The Labute approximate surface area is 114 Å². The molecule has 0 bridgehead atoms. The molecular formula is C16H20N2O. The molecule has 1 aromatic carbocycles. The van der Waals surface area contributed by atoms with E-state index in [9.17, 15) is 0 Å². The van der Waals surface area contributed by atoms with E-state index in [0.717, 1.165) is 37.7 Å². The second kappa shape index (κ2) is 5.63. The molecule has 1 heterocycles. The molecule has 19 heavy (non-hydrogen) atoms. The summed E-state index contributed by atoms with van der Waals surface area (Å²) < 4.78 is 6.01. The number of likely N-dealkylation sites (tertiary alicyclic amines) is 1. The molecule has 0 N–H and O–H groups in total. The monoisotopic (exact) mass is 256 g/mol. The number of hydrogen-bond donors (Lipinski definition) is 0. The van der Waals surface area contributed by atoms with Gasteiger partial charge < -0.3 is 9.64 Å². The zero-order chi connectivity index (χ0) is 13.1. The quantitative estimate of drug-likeness (QED) is 0.834. The maximum atomic E-state index is 9.06. The lowest BCUT2D eigenvalue weighted by Gasteiger charge is -2.41. The molecule has 100 valence electrons. The number of piperidine rings is 1. The fourth-order valence-electron chi connectivity index (χ4n) is 2.95. The van der Waals surface area contributed by atoms with Gasteiger partial charge in [-0.15, -0.1) is 0 Å². The summed E-state index contributed by atoms with van der Waals surface area (Å²) in [6.45, 7) is 2.29. The number of para-hydroxylation sites is 1. The summed E-state index contributed by atoms with van der Waals surface area (Å²) >= 11 is 0. The Balaban J connectivity index is 1.55. The van der Waals surface area contributed by atoms with Crippen LogP contribution < -0.4 is 4.74 Å². The van der Waals surface area contributed by atoms with E-state index < -0.39 is 0 Å². The lowest BCUT2D eigenvalue weighted by atomic mass is 9.90. The topological polar surface area (TPSA) is 36.3 Å². The SMILES string of the molecule is N#Cc1ccccc1OC1CCN(C2CCC2)CC1. The van der Waals surface area contributed by atoms with Gasteiger partial charge >= 0.3 is 0 Å². The van der Waals surface area contributed by atoms with Crippen molar-refractivity contribution >= 4 is 0 Å². The first kappa shape index (κ1) is 12.5. The number of nitrogens with zero attached hydrogens (tertiary/aromatic N) is 2. The molecule has 1 saturated heterocycles. The largest absolute Gasteiger partial charge is 0.489 e. The molecule has 1 aliphatic carbocycles. The van der Waals surface area contributed by atoms with Gasteiger partial charge in [0.05, 0.1) is 5.56 Å². The minimum absolute atomic E-state index is 0.269.